The first-order valence-corrected chi connectivity index (χ1v) is 4.16. The lowest BCUT2D eigenvalue weighted by molar-refractivity contribution is 0.628. The maximum absolute atomic E-state index is 5.89. The average molecular weight is 185 g/mol. The number of alkyl halides is 1. The van der Waals surface area contributed by atoms with E-state index in [2.05, 4.69) is 20.6 Å². The SMILES string of the molecule is CC1=NC2=NC=CC2NC(Cl)N1. The van der Waals surface area contributed by atoms with Crippen LogP contribution in [0.15, 0.2) is 22.3 Å². The number of hydrogen-bond acceptors (Lipinski definition) is 4. The number of nitrogens with zero attached hydrogens (tertiary/aromatic N) is 2. The van der Waals surface area contributed by atoms with Crippen LogP contribution in [0.3, 0.4) is 0 Å². The highest BCUT2D eigenvalue weighted by Crippen LogP contribution is 2.07. The average Bonchev–Trinajstić information content (AvgIpc) is 2.31. The van der Waals surface area contributed by atoms with Crippen LogP contribution in [-0.4, -0.2) is 23.3 Å². The van der Waals surface area contributed by atoms with Crippen molar-refractivity contribution in [2.45, 2.75) is 18.6 Å². The summed E-state index contributed by atoms with van der Waals surface area (Å²) in [7, 11) is 0. The number of hydrogen-bond donors (Lipinski definition) is 2. The van der Waals surface area contributed by atoms with Gasteiger partial charge in [-0.05, 0) is 13.0 Å². The lowest BCUT2D eigenvalue weighted by atomic mass is 10.3. The van der Waals surface area contributed by atoms with Gasteiger partial charge in [0.05, 0.1) is 6.04 Å². The molecule has 0 amide bonds. The Morgan fingerprint density at radius 3 is 3.25 bits per heavy atom. The van der Waals surface area contributed by atoms with Gasteiger partial charge < -0.3 is 5.32 Å². The molecule has 64 valence electrons. The quantitative estimate of drug-likeness (QED) is 0.423. The zero-order valence-electron chi connectivity index (χ0n) is 6.58. The topological polar surface area (TPSA) is 48.8 Å². The maximum atomic E-state index is 5.89. The molecule has 2 rings (SSSR count). The van der Waals surface area contributed by atoms with E-state index in [0.717, 1.165) is 11.7 Å². The molecule has 2 heterocycles. The largest absolute Gasteiger partial charge is 0.346 e. The van der Waals surface area contributed by atoms with Crippen molar-refractivity contribution in [1.82, 2.24) is 10.6 Å². The van der Waals surface area contributed by atoms with E-state index in [1.807, 2.05) is 13.0 Å². The minimum absolute atomic E-state index is 0.0532. The Bertz CT molecular complexity index is 281. The summed E-state index contributed by atoms with van der Waals surface area (Å²) < 4.78 is 0. The second kappa shape index (κ2) is 2.88. The number of amidine groups is 2. The Morgan fingerprint density at radius 1 is 1.58 bits per heavy atom. The molecule has 0 bridgehead atoms. The number of nitrogens with one attached hydrogen (secondary N) is 2. The van der Waals surface area contributed by atoms with E-state index in [1.165, 1.54) is 0 Å². The van der Waals surface area contributed by atoms with Crippen LogP contribution < -0.4 is 10.6 Å². The van der Waals surface area contributed by atoms with Crippen molar-refractivity contribution >= 4 is 23.3 Å². The summed E-state index contributed by atoms with van der Waals surface area (Å²) in [6.07, 6.45) is 3.66. The molecule has 2 N–H and O–H groups in total. The molecule has 0 saturated heterocycles. The van der Waals surface area contributed by atoms with E-state index in [1.54, 1.807) is 6.20 Å². The van der Waals surface area contributed by atoms with E-state index in [-0.39, 0.29) is 11.7 Å². The van der Waals surface area contributed by atoms with Crippen LogP contribution in [-0.2, 0) is 0 Å². The zero-order chi connectivity index (χ0) is 8.55. The van der Waals surface area contributed by atoms with Crippen molar-refractivity contribution in [3.8, 4) is 0 Å². The van der Waals surface area contributed by atoms with Crippen molar-refractivity contribution in [2.75, 3.05) is 0 Å². The third-order valence-corrected chi connectivity index (χ3v) is 1.94. The van der Waals surface area contributed by atoms with E-state index in [0.29, 0.717) is 0 Å². The van der Waals surface area contributed by atoms with Crippen LogP contribution in [0.5, 0.6) is 0 Å². The fourth-order valence-corrected chi connectivity index (χ4v) is 1.48. The highest BCUT2D eigenvalue weighted by atomic mass is 35.5. The number of rotatable bonds is 0. The van der Waals surface area contributed by atoms with E-state index < -0.39 is 0 Å². The van der Waals surface area contributed by atoms with Gasteiger partial charge >= 0.3 is 0 Å². The van der Waals surface area contributed by atoms with Gasteiger partial charge in [0.2, 0.25) is 0 Å². The Hall–Kier alpha value is -0.870. The Kier molecular flexibility index (Phi) is 1.86. The highest BCUT2D eigenvalue weighted by molar-refractivity contribution is 6.22. The Labute approximate surface area is 75.4 Å². The monoisotopic (exact) mass is 184 g/mol. The van der Waals surface area contributed by atoms with Gasteiger partial charge in [0.25, 0.3) is 0 Å². The standard InChI is InChI=1S/C7H9ClN4/c1-4-10-6-5(2-3-9-6)12-7(8)11-4/h2-3,5,7,12H,1H3,(H,9,10,11). The molecule has 2 aliphatic heterocycles. The molecule has 5 heteroatoms. The smallest absolute Gasteiger partial charge is 0.156 e. The van der Waals surface area contributed by atoms with Gasteiger partial charge in [0, 0.05) is 6.20 Å². The summed E-state index contributed by atoms with van der Waals surface area (Å²) in [4.78, 5) is 8.32. The molecule has 0 aliphatic carbocycles. The Balaban J connectivity index is 2.27. The number of fused-ring (bicyclic) bond motifs is 1. The first-order chi connectivity index (χ1) is 5.75. The van der Waals surface area contributed by atoms with Gasteiger partial charge in [-0.1, -0.05) is 11.6 Å². The second-order valence-corrected chi connectivity index (χ2v) is 3.11. The molecular weight excluding hydrogens is 176 g/mol. The highest BCUT2D eigenvalue weighted by Gasteiger charge is 2.22. The van der Waals surface area contributed by atoms with Gasteiger partial charge in [0.15, 0.2) is 11.5 Å². The van der Waals surface area contributed by atoms with Crippen molar-refractivity contribution in [3.63, 3.8) is 0 Å². The fourth-order valence-electron chi connectivity index (χ4n) is 1.19. The summed E-state index contributed by atoms with van der Waals surface area (Å²) in [6.45, 7) is 1.86. The van der Waals surface area contributed by atoms with Gasteiger partial charge in [-0.15, -0.1) is 0 Å². The molecule has 0 aromatic heterocycles. The molecule has 0 aromatic rings. The van der Waals surface area contributed by atoms with Gasteiger partial charge in [0.1, 0.15) is 5.84 Å². The molecule has 2 aliphatic rings. The van der Waals surface area contributed by atoms with Gasteiger partial charge in [-0.25, -0.2) is 9.98 Å². The molecule has 0 aromatic carbocycles. The summed E-state index contributed by atoms with van der Waals surface area (Å²) >= 11 is 5.89. The lowest BCUT2D eigenvalue weighted by Crippen LogP contribution is -2.43. The predicted octanol–water partition coefficient (Wildman–Crippen LogP) is 0.414. The Morgan fingerprint density at radius 2 is 2.42 bits per heavy atom. The summed E-state index contributed by atoms with van der Waals surface area (Å²) in [6, 6.07) is 0.0532. The van der Waals surface area contributed by atoms with E-state index in [4.69, 9.17) is 11.6 Å². The molecule has 2 atom stereocenters. The summed E-state index contributed by atoms with van der Waals surface area (Å²) in [5.41, 5.74) is -0.283. The molecule has 12 heavy (non-hydrogen) atoms. The van der Waals surface area contributed by atoms with Crippen LogP contribution in [0, 0.1) is 0 Å². The third-order valence-electron chi connectivity index (χ3n) is 1.71. The first-order valence-electron chi connectivity index (χ1n) is 3.72. The fraction of sp³-hybridized carbons (Fsp3) is 0.429. The second-order valence-electron chi connectivity index (χ2n) is 2.68. The minimum atomic E-state index is -0.283. The van der Waals surface area contributed by atoms with Crippen molar-refractivity contribution in [2.24, 2.45) is 9.98 Å². The van der Waals surface area contributed by atoms with E-state index >= 15 is 0 Å². The molecule has 0 radical (unpaired) electrons. The number of aliphatic imine (C=N–C) groups is 2. The van der Waals surface area contributed by atoms with Crippen LogP contribution >= 0.6 is 11.6 Å². The van der Waals surface area contributed by atoms with Crippen LogP contribution in [0.25, 0.3) is 0 Å². The maximum Gasteiger partial charge on any atom is 0.156 e. The van der Waals surface area contributed by atoms with Crippen LogP contribution in [0.2, 0.25) is 0 Å². The minimum Gasteiger partial charge on any atom is -0.346 e. The molecule has 4 nitrogen and oxygen atoms in total. The molecule has 0 saturated carbocycles. The van der Waals surface area contributed by atoms with E-state index in [9.17, 15) is 0 Å². The van der Waals surface area contributed by atoms with Crippen molar-refractivity contribution < 1.29 is 0 Å². The van der Waals surface area contributed by atoms with Crippen molar-refractivity contribution in [3.05, 3.63) is 12.3 Å². The lowest BCUT2D eigenvalue weighted by Gasteiger charge is -2.12. The van der Waals surface area contributed by atoms with Crippen LogP contribution in [0.4, 0.5) is 0 Å². The summed E-state index contributed by atoms with van der Waals surface area (Å²) in [5.74, 6) is 1.55. The molecule has 0 fully saturated rings. The zero-order valence-corrected chi connectivity index (χ0v) is 7.34. The summed E-state index contributed by atoms with van der Waals surface area (Å²) in [5, 5.41) is 6.05. The van der Waals surface area contributed by atoms with Crippen molar-refractivity contribution in [1.29, 1.82) is 0 Å². The van der Waals surface area contributed by atoms with Gasteiger partial charge in [-0.2, -0.15) is 0 Å². The first kappa shape index (κ1) is 7.76. The molecule has 0 spiro atoms. The van der Waals surface area contributed by atoms with Crippen LogP contribution in [0.1, 0.15) is 6.92 Å². The molecule has 2 unspecified atom stereocenters. The van der Waals surface area contributed by atoms with Gasteiger partial charge in [-0.3, -0.25) is 5.32 Å². The number of halogens is 1. The molecular formula is C7H9ClN4. The third kappa shape index (κ3) is 1.35. The predicted molar refractivity (Wildman–Crippen MR) is 49.4 cm³/mol. The normalized spacial score (nSPS) is 33.2.